The highest BCUT2D eigenvalue weighted by atomic mass is 32.2. The number of nitrogens with zero attached hydrogens (tertiary/aromatic N) is 4. The van der Waals surface area contributed by atoms with Crippen molar-refractivity contribution in [3.8, 4) is 34.3 Å². The van der Waals surface area contributed by atoms with Crippen molar-refractivity contribution < 1.29 is 19.4 Å². The number of aromatic hydroxyl groups is 1. The van der Waals surface area contributed by atoms with E-state index in [1.165, 1.54) is 18.0 Å². The van der Waals surface area contributed by atoms with Crippen LogP contribution in [0.4, 0.5) is 0 Å². The first-order valence-corrected chi connectivity index (χ1v) is 11.5. The fourth-order valence-electron chi connectivity index (χ4n) is 3.19. The number of hydrogen-bond donors (Lipinski definition) is 2. The number of amides is 1. The van der Waals surface area contributed by atoms with Crippen LogP contribution in [-0.4, -0.2) is 52.0 Å². The predicted octanol–water partition coefficient (Wildman–Crippen LogP) is 3.90. The van der Waals surface area contributed by atoms with E-state index in [0.29, 0.717) is 16.5 Å². The summed E-state index contributed by atoms with van der Waals surface area (Å²) >= 11 is 1.23. The number of rotatable bonds is 9. The summed E-state index contributed by atoms with van der Waals surface area (Å²) in [7, 11) is 3.22. The maximum absolute atomic E-state index is 12.4. The lowest BCUT2D eigenvalue weighted by Gasteiger charge is -2.11. The quantitative estimate of drug-likeness (QED) is 0.208. The Morgan fingerprint density at radius 2 is 1.66 bits per heavy atom. The molecule has 0 spiro atoms. The van der Waals surface area contributed by atoms with Gasteiger partial charge in [-0.1, -0.05) is 23.9 Å². The van der Waals surface area contributed by atoms with Crippen LogP contribution in [0.5, 0.6) is 17.2 Å². The third-order valence-electron chi connectivity index (χ3n) is 4.97. The number of ether oxygens (including phenoxy) is 2. The van der Waals surface area contributed by atoms with Gasteiger partial charge in [0.15, 0.2) is 11.0 Å². The molecule has 9 nitrogen and oxygen atoms in total. The second kappa shape index (κ2) is 11.2. The summed E-state index contributed by atoms with van der Waals surface area (Å²) in [6.45, 7) is 0. The lowest BCUT2D eigenvalue weighted by Crippen LogP contribution is -2.20. The van der Waals surface area contributed by atoms with E-state index in [4.69, 9.17) is 9.47 Å². The van der Waals surface area contributed by atoms with Crippen LogP contribution in [0.15, 0.2) is 83.1 Å². The number of methoxy groups -OCH3 is 2. The van der Waals surface area contributed by atoms with Gasteiger partial charge in [0.1, 0.15) is 17.2 Å². The molecular formula is C25H23N5O4S. The number of carbonyl (C=O) groups excluding carboxylic acids is 1. The second-order valence-electron chi connectivity index (χ2n) is 7.21. The van der Waals surface area contributed by atoms with Crippen LogP contribution in [0.1, 0.15) is 5.56 Å². The number of benzene rings is 3. The number of nitrogens with one attached hydrogen (secondary N) is 1. The number of aromatic nitrogens is 3. The SMILES string of the molecule is COc1ccc(-c2nnc(SCC(=O)N/N=C/c3ccccc3O)n2-c2ccc(OC)cc2)cc1. The minimum absolute atomic E-state index is 0.0645. The Labute approximate surface area is 206 Å². The van der Waals surface area contributed by atoms with E-state index in [1.54, 1.807) is 38.5 Å². The van der Waals surface area contributed by atoms with Gasteiger partial charge in [0, 0.05) is 16.8 Å². The molecule has 35 heavy (non-hydrogen) atoms. The topological polar surface area (TPSA) is 111 Å². The fraction of sp³-hybridized carbons (Fsp3) is 0.120. The summed E-state index contributed by atoms with van der Waals surface area (Å²) in [5.41, 5.74) is 4.63. The first-order valence-electron chi connectivity index (χ1n) is 10.6. The number of para-hydroxylation sites is 1. The average Bonchev–Trinajstić information content (AvgIpc) is 3.32. The van der Waals surface area contributed by atoms with Crippen molar-refractivity contribution in [2.75, 3.05) is 20.0 Å². The third kappa shape index (κ3) is 5.79. The summed E-state index contributed by atoms with van der Waals surface area (Å²) in [6.07, 6.45) is 1.39. The lowest BCUT2D eigenvalue weighted by molar-refractivity contribution is -0.118. The Morgan fingerprint density at radius 3 is 2.31 bits per heavy atom. The van der Waals surface area contributed by atoms with E-state index in [-0.39, 0.29) is 17.4 Å². The Balaban J connectivity index is 1.54. The van der Waals surface area contributed by atoms with Gasteiger partial charge in [-0.15, -0.1) is 10.2 Å². The van der Waals surface area contributed by atoms with Crippen LogP contribution >= 0.6 is 11.8 Å². The molecule has 0 saturated heterocycles. The molecule has 4 rings (SSSR count). The molecule has 1 amide bonds. The average molecular weight is 490 g/mol. The monoisotopic (exact) mass is 489 g/mol. The zero-order valence-corrected chi connectivity index (χ0v) is 19.9. The summed E-state index contributed by atoms with van der Waals surface area (Å²) in [4.78, 5) is 12.4. The maximum atomic E-state index is 12.4. The van der Waals surface area contributed by atoms with E-state index in [0.717, 1.165) is 22.7 Å². The molecule has 178 valence electrons. The predicted molar refractivity (Wildman–Crippen MR) is 134 cm³/mol. The number of hydrazone groups is 1. The standard InChI is InChI=1S/C25H23N5O4S/c1-33-20-11-7-17(8-12-20)24-28-29-25(30(24)19-9-13-21(34-2)14-10-19)35-16-23(32)27-26-15-18-5-3-4-6-22(18)31/h3-15,31H,16H2,1-2H3,(H,27,32)/b26-15+. The number of thioether (sulfide) groups is 1. The molecular weight excluding hydrogens is 466 g/mol. The number of phenols is 1. The molecule has 0 atom stereocenters. The molecule has 0 bridgehead atoms. The van der Waals surface area contributed by atoms with Gasteiger partial charge in [-0.05, 0) is 60.7 Å². The van der Waals surface area contributed by atoms with Gasteiger partial charge in [0.05, 0.1) is 26.2 Å². The van der Waals surface area contributed by atoms with E-state index < -0.39 is 0 Å². The second-order valence-corrected chi connectivity index (χ2v) is 8.15. The van der Waals surface area contributed by atoms with Crippen molar-refractivity contribution in [3.05, 3.63) is 78.4 Å². The molecule has 0 aliphatic rings. The van der Waals surface area contributed by atoms with Gasteiger partial charge in [0.2, 0.25) is 0 Å². The van der Waals surface area contributed by atoms with Gasteiger partial charge in [0.25, 0.3) is 5.91 Å². The van der Waals surface area contributed by atoms with Gasteiger partial charge in [-0.3, -0.25) is 9.36 Å². The van der Waals surface area contributed by atoms with Crippen molar-refractivity contribution in [2.24, 2.45) is 5.10 Å². The number of hydrogen-bond acceptors (Lipinski definition) is 8. The molecule has 0 aliphatic carbocycles. The Hall–Kier alpha value is -4.31. The number of carbonyl (C=O) groups is 1. The molecule has 10 heteroatoms. The first-order chi connectivity index (χ1) is 17.1. The summed E-state index contributed by atoms with van der Waals surface area (Å²) in [5, 5.41) is 23.0. The normalized spacial score (nSPS) is 10.9. The molecule has 3 aromatic carbocycles. The summed E-state index contributed by atoms with van der Waals surface area (Å²) < 4.78 is 12.4. The maximum Gasteiger partial charge on any atom is 0.250 e. The molecule has 0 aliphatic heterocycles. The molecule has 0 radical (unpaired) electrons. The molecule has 1 aromatic heterocycles. The highest BCUT2D eigenvalue weighted by Gasteiger charge is 2.17. The van der Waals surface area contributed by atoms with Crippen LogP contribution in [0.2, 0.25) is 0 Å². The minimum Gasteiger partial charge on any atom is -0.507 e. The Bertz CT molecular complexity index is 1320. The molecule has 2 N–H and O–H groups in total. The van der Waals surface area contributed by atoms with Crippen LogP contribution < -0.4 is 14.9 Å². The molecule has 1 heterocycles. The van der Waals surface area contributed by atoms with Gasteiger partial charge in [-0.25, -0.2) is 5.43 Å². The molecule has 0 unspecified atom stereocenters. The summed E-state index contributed by atoms with van der Waals surface area (Å²) in [5.74, 6) is 1.91. The van der Waals surface area contributed by atoms with Crippen LogP contribution in [0, 0.1) is 0 Å². The molecule has 0 saturated carbocycles. The number of phenolic OH excluding ortho intramolecular Hbond substituents is 1. The third-order valence-corrected chi connectivity index (χ3v) is 5.90. The van der Waals surface area contributed by atoms with Crippen molar-refractivity contribution in [3.63, 3.8) is 0 Å². The van der Waals surface area contributed by atoms with Crippen LogP contribution in [0.25, 0.3) is 17.1 Å². The Kier molecular flexibility index (Phi) is 7.63. The molecule has 4 aromatic rings. The van der Waals surface area contributed by atoms with Crippen molar-refractivity contribution in [2.45, 2.75) is 5.16 Å². The van der Waals surface area contributed by atoms with Crippen LogP contribution in [0.3, 0.4) is 0 Å². The van der Waals surface area contributed by atoms with E-state index in [1.807, 2.05) is 53.1 Å². The van der Waals surface area contributed by atoms with Gasteiger partial charge < -0.3 is 14.6 Å². The molecule has 0 fully saturated rings. The summed E-state index contributed by atoms with van der Waals surface area (Å²) in [6, 6.07) is 21.7. The fourth-order valence-corrected chi connectivity index (χ4v) is 3.93. The highest BCUT2D eigenvalue weighted by Crippen LogP contribution is 2.29. The van der Waals surface area contributed by atoms with E-state index in [9.17, 15) is 9.90 Å². The smallest absolute Gasteiger partial charge is 0.250 e. The first kappa shape index (κ1) is 23.8. The lowest BCUT2D eigenvalue weighted by atomic mass is 10.2. The van der Waals surface area contributed by atoms with Crippen LogP contribution in [-0.2, 0) is 4.79 Å². The van der Waals surface area contributed by atoms with E-state index >= 15 is 0 Å². The van der Waals surface area contributed by atoms with Crippen molar-refractivity contribution in [1.82, 2.24) is 20.2 Å². The highest BCUT2D eigenvalue weighted by molar-refractivity contribution is 7.99. The largest absolute Gasteiger partial charge is 0.507 e. The zero-order chi connectivity index (χ0) is 24.6. The Morgan fingerprint density at radius 1 is 1.00 bits per heavy atom. The zero-order valence-electron chi connectivity index (χ0n) is 19.1. The van der Waals surface area contributed by atoms with E-state index in [2.05, 4.69) is 20.7 Å². The minimum atomic E-state index is -0.322. The van der Waals surface area contributed by atoms with Crippen molar-refractivity contribution >= 4 is 23.9 Å². The van der Waals surface area contributed by atoms with Gasteiger partial charge >= 0.3 is 0 Å². The van der Waals surface area contributed by atoms with Gasteiger partial charge in [-0.2, -0.15) is 5.10 Å². The van der Waals surface area contributed by atoms with Crippen molar-refractivity contribution in [1.29, 1.82) is 0 Å².